The molecule has 0 radical (unpaired) electrons. The third kappa shape index (κ3) is 2.90. The smallest absolute Gasteiger partial charge is 0.205 e. The molecule has 0 aliphatic rings. The summed E-state index contributed by atoms with van der Waals surface area (Å²) >= 11 is 5.86. The maximum Gasteiger partial charge on any atom is 0.205 e. The summed E-state index contributed by atoms with van der Waals surface area (Å²) in [6, 6.07) is 16.6. The first-order chi connectivity index (χ1) is 11.1. The van der Waals surface area contributed by atoms with Crippen LogP contribution in [0.4, 0.5) is 0 Å². The lowest BCUT2D eigenvalue weighted by Gasteiger charge is -2.01. The van der Waals surface area contributed by atoms with Crippen molar-refractivity contribution in [1.82, 2.24) is 4.98 Å². The zero-order chi connectivity index (χ0) is 16.4. The number of aromatic nitrogens is 1. The van der Waals surface area contributed by atoms with Crippen molar-refractivity contribution in [2.75, 3.05) is 0 Å². The Morgan fingerprint density at radius 1 is 1.17 bits per heavy atom. The summed E-state index contributed by atoms with van der Waals surface area (Å²) in [5.74, 6) is -0.280. The van der Waals surface area contributed by atoms with Crippen molar-refractivity contribution >= 4 is 34.4 Å². The van der Waals surface area contributed by atoms with E-state index in [0.29, 0.717) is 10.6 Å². The number of hydrogen-bond acceptors (Lipinski definition) is 2. The molecular weight excluding hydrogens is 308 g/mol. The Morgan fingerprint density at radius 2 is 1.87 bits per heavy atom. The maximum absolute atomic E-state index is 12.8. The molecule has 0 atom stereocenters. The molecule has 3 aromatic rings. The molecule has 0 amide bonds. The second kappa shape index (κ2) is 6.12. The number of Topliss-reactive ketones (excluding diaryl/α,β-unsaturated/α-hetero) is 1. The molecule has 0 spiro atoms. The SMILES string of the molecule is Cc1[nH]c2ccccc2c1C(=O)/C(C#N)=C\c1ccc(Cl)cc1. The Labute approximate surface area is 138 Å². The first-order valence-electron chi connectivity index (χ1n) is 7.09. The van der Waals surface area contributed by atoms with Gasteiger partial charge in [0.25, 0.3) is 0 Å². The molecule has 0 saturated heterocycles. The van der Waals surface area contributed by atoms with Crippen LogP contribution >= 0.6 is 11.6 Å². The highest BCUT2D eigenvalue weighted by Gasteiger charge is 2.19. The first kappa shape index (κ1) is 15.1. The van der Waals surface area contributed by atoms with Crippen molar-refractivity contribution in [2.24, 2.45) is 0 Å². The molecule has 0 aliphatic carbocycles. The molecule has 0 fully saturated rings. The van der Waals surface area contributed by atoms with Gasteiger partial charge in [-0.1, -0.05) is 41.9 Å². The molecular formula is C19H13ClN2O. The van der Waals surface area contributed by atoms with Crippen molar-refractivity contribution in [1.29, 1.82) is 5.26 Å². The van der Waals surface area contributed by atoms with Crippen LogP contribution in [0.1, 0.15) is 21.6 Å². The summed E-state index contributed by atoms with van der Waals surface area (Å²) < 4.78 is 0. The number of rotatable bonds is 3. The van der Waals surface area contributed by atoms with E-state index < -0.39 is 0 Å². The second-order valence-electron chi connectivity index (χ2n) is 5.22. The van der Waals surface area contributed by atoms with E-state index in [4.69, 9.17) is 11.6 Å². The summed E-state index contributed by atoms with van der Waals surface area (Å²) in [6.45, 7) is 1.84. The van der Waals surface area contributed by atoms with Crippen molar-refractivity contribution in [3.63, 3.8) is 0 Å². The van der Waals surface area contributed by atoms with Crippen molar-refractivity contribution < 1.29 is 4.79 Å². The number of carbonyl (C=O) groups is 1. The van der Waals surface area contributed by atoms with Crippen LogP contribution in [0.2, 0.25) is 5.02 Å². The van der Waals surface area contributed by atoms with Gasteiger partial charge in [-0.05, 0) is 36.8 Å². The lowest BCUT2D eigenvalue weighted by molar-refractivity contribution is 0.104. The van der Waals surface area contributed by atoms with Gasteiger partial charge in [0.15, 0.2) is 0 Å². The lowest BCUT2D eigenvalue weighted by atomic mass is 9.99. The van der Waals surface area contributed by atoms with E-state index in [2.05, 4.69) is 4.98 Å². The van der Waals surface area contributed by atoms with E-state index in [1.807, 2.05) is 37.3 Å². The van der Waals surface area contributed by atoms with Gasteiger partial charge in [-0.3, -0.25) is 4.79 Å². The fourth-order valence-corrected chi connectivity index (χ4v) is 2.70. The highest BCUT2D eigenvalue weighted by Crippen LogP contribution is 2.25. The van der Waals surface area contributed by atoms with Crippen LogP contribution in [0, 0.1) is 18.3 Å². The van der Waals surface area contributed by atoms with Gasteiger partial charge in [-0.15, -0.1) is 0 Å². The van der Waals surface area contributed by atoms with E-state index in [-0.39, 0.29) is 11.4 Å². The lowest BCUT2D eigenvalue weighted by Crippen LogP contribution is -2.03. The monoisotopic (exact) mass is 320 g/mol. The van der Waals surface area contributed by atoms with Crippen LogP contribution in [-0.2, 0) is 0 Å². The van der Waals surface area contributed by atoms with Gasteiger partial charge in [0.1, 0.15) is 11.6 Å². The Kier molecular flexibility index (Phi) is 4.01. The van der Waals surface area contributed by atoms with E-state index in [1.165, 1.54) is 0 Å². The molecule has 4 heteroatoms. The molecule has 1 heterocycles. The summed E-state index contributed by atoms with van der Waals surface area (Å²) in [6.07, 6.45) is 1.58. The number of benzene rings is 2. The van der Waals surface area contributed by atoms with Crippen molar-refractivity contribution in [3.05, 3.63) is 75.9 Å². The maximum atomic E-state index is 12.8. The topological polar surface area (TPSA) is 56.6 Å². The number of nitriles is 1. The van der Waals surface area contributed by atoms with Gasteiger partial charge in [0.05, 0.1) is 5.56 Å². The van der Waals surface area contributed by atoms with Crippen molar-refractivity contribution in [3.8, 4) is 6.07 Å². The number of nitrogens with one attached hydrogen (secondary N) is 1. The fraction of sp³-hybridized carbons (Fsp3) is 0.0526. The van der Waals surface area contributed by atoms with Crippen LogP contribution in [0.3, 0.4) is 0 Å². The molecule has 1 aromatic heterocycles. The zero-order valence-corrected chi connectivity index (χ0v) is 13.2. The molecule has 2 aromatic carbocycles. The predicted molar refractivity (Wildman–Crippen MR) is 92.4 cm³/mol. The molecule has 112 valence electrons. The Hall–Kier alpha value is -2.83. The number of H-pyrrole nitrogens is 1. The van der Waals surface area contributed by atoms with Crippen LogP contribution in [0.25, 0.3) is 17.0 Å². The highest BCUT2D eigenvalue weighted by atomic mass is 35.5. The Balaban J connectivity index is 2.08. The van der Waals surface area contributed by atoms with Gasteiger partial charge in [0.2, 0.25) is 5.78 Å². The van der Waals surface area contributed by atoms with Gasteiger partial charge in [0, 0.05) is 21.6 Å². The molecule has 3 nitrogen and oxygen atoms in total. The number of aromatic amines is 1. The van der Waals surface area contributed by atoms with Crippen LogP contribution in [-0.4, -0.2) is 10.8 Å². The molecule has 0 saturated carbocycles. The third-order valence-corrected chi connectivity index (χ3v) is 3.92. The van der Waals surface area contributed by atoms with Crippen LogP contribution in [0.5, 0.6) is 0 Å². The molecule has 0 unspecified atom stereocenters. The minimum atomic E-state index is -0.280. The molecule has 0 bridgehead atoms. The number of ketones is 1. The molecule has 1 N–H and O–H groups in total. The minimum Gasteiger partial charge on any atom is -0.358 e. The van der Waals surface area contributed by atoms with E-state index >= 15 is 0 Å². The highest BCUT2D eigenvalue weighted by molar-refractivity contribution is 6.30. The summed E-state index contributed by atoms with van der Waals surface area (Å²) in [5.41, 5.74) is 3.05. The quantitative estimate of drug-likeness (QED) is 0.423. The zero-order valence-electron chi connectivity index (χ0n) is 12.4. The third-order valence-electron chi connectivity index (χ3n) is 3.67. The normalized spacial score (nSPS) is 11.4. The average Bonchev–Trinajstić information content (AvgIpc) is 2.89. The number of aryl methyl sites for hydroxylation is 1. The van der Waals surface area contributed by atoms with Gasteiger partial charge < -0.3 is 4.98 Å². The number of carbonyl (C=O) groups excluding carboxylic acids is 1. The molecule has 23 heavy (non-hydrogen) atoms. The number of hydrogen-bond donors (Lipinski definition) is 1. The van der Waals surface area contributed by atoms with E-state index in [0.717, 1.165) is 22.2 Å². The predicted octanol–water partition coefficient (Wildman–Crippen LogP) is 4.92. The average molecular weight is 321 g/mol. The van der Waals surface area contributed by atoms with E-state index in [9.17, 15) is 10.1 Å². The largest absolute Gasteiger partial charge is 0.358 e. The van der Waals surface area contributed by atoms with Crippen LogP contribution < -0.4 is 0 Å². The number of para-hydroxylation sites is 1. The second-order valence-corrected chi connectivity index (χ2v) is 5.66. The fourth-order valence-electron chi connectivity index (χ4n) is 2.58. The molecule has 3 rings (SSSR count). The number of halogens is 1. The first-order valence-corrected chi connectivity index (χ1v) is 7.47. The summed E-state index contributed by atoms with van der Waals surface area (Å²) in [4.78, 5) is 16.0. The van der Waals surface area contributed by atoms with Crippen LogP contribution in [0.15, 0.2) is 54.1 Å². The van der Waals surface area contributed by atoms with Crippen molar-refractivity contribution in [2.45, 2.75) is 6.92 Å². The Morgan fingerprint density at radius 3 is 2.57 bits per heavy atom. The number of fused-ring (bicyclic) bond motifs is 1. The summed E-state index contributed by atoms with van der Waals surface area (Å²) in [5, 5.41) is 10.8. The minimum absolute atomic E-state index is 0.0974. The van der Waals surface area contributed by atoms with Gasteiger partial charge >= 0.3 is 0 Å². The standard InChI is InChI=1S/C19H13ClN2O/c1-12-18(16-4-2-3-5-17(16)22-12)19(23)14(11-21)10-13-6-8-15(20)9-7-13/h2-10,22H,1H3/b14-10-. The summed E-state index contributed by atoms with van der Waals surface area (Å²) in [7, 11) is 0. The van der Waals surface area contributed by atoms with E-state index in [1.54, 1.807) is 30.3 Å². The number of nitrogens with zero attached hydrogens (tertiary/aromatic N) is 1. The van der Waals surface area contributed by atoms with Gasteiger partial charge in [-0.25, -0.2) is 0 Å². The Bertz CT molecular complexity index is 959. The van der Waals surface area contributed by atoms with Gasteiger partial charge in [-0.2, -0.15) is 5.26 Å². The number of allylic oxidation sites excluding steroid dienone is 1. The molecule has 0 aliphatic heterocycles.